The first-order chi connectivity index (χ1) is 13.5. The number of amides is 1. The van der Waals surface area contributed by atoms with Crippen LogP contribution in [0.2, 0.25) is 0 Å². The highest BCUT2D eigenvalue weighted by Crippen LogP contribution is 2.40. The number of ether oxygens (including phenoxy) is 3. The topological polar surface area (TPSA) is 94.5 Å². The van der Waals surface area contributed by atoms with Crippen molar-refractivity contribution < 1.29 is 27.4 Å². The molecule has 1 amide bonds. The highest BCUT2D eigenvalue weighted by molar-refractivity contribution is 8.15. The first kappa shape index (κ1) is 18.3. The molecule has 28 heavy (non-hydrogen) atoms. The molecule has 4 heterocycles. The van der Waals surface area contributed by atoms with Gasteiger partial charge in [0.1, 0.15) is 6.10 Å². The molecule has 0 N–H and O–H groups in total. The van der Waals surface area contributed by atoms with Crippen LogP contribution in [0.5, 0.6) is 11.5 Å². The summed E-state index contributed by atoms with van der Waals surface area (Å²) in [7, 11) is -3.08. The van der Waals surface area contributed by atoms with Crippen LogP contribution in [0.15, 0.2) is 23.2 Å². The number of rotatable bonds is 3. The van der Waals surface area contributed by atoms with E-state index in [1.54, 1.807) is 0 Å². The van der Waals surface area contributed by atoms with Crippen LogP contribution in [-0.4, -0.2) is 66.7 Å². The lowest BCUT2D eigenvalue weighted by Crippen LogP contribution is -2.37. The molecule has 0 bridgehead atoms. The second kappa shape index (κ2) is 6.93. The summed E-state index contributed by atoms with van der Waals surface area (Å²) in [5.41, 5.74) is 0.951. The van der Waals surface area contributed by atoms with Crippen molar-refractivity contribution in [3.05, 3.63) is 23.8 Å². The van der Waals surface area contributed by atoms with Gasteiger partial charge in [0.25, 0.3) is 5.91 Å². The first-order valence-corrected chi connectivity index (χ1v) is 11.9. The molecule has 1 aromatic rings. The van der Waals surface area contributed by atoms with Crippen LogP contribution in [0.1, 0.15) is 18.4 Å². The lowest BCUT2D eigenvalue weighted by atomic mass is 10.1. The molecular weight excluding hydrogens is 404 g/mol. The second-order valence-corrected chi connectivity index (χ2v) is 10.7. The van der Waals surface area contributed by atoms with Crippen LogP contribution in [-0.2, 0) is 25.9 Å². The van der Waals surface area contributed by atoms with Gasteiger partial charge in [-0.3, -0.25) is 4.79 Å². The molecule has 1 aromatic carbocycles. The van der Waals surface area contributed by atoms with E-state index in [2.05, 4.69) is 4.99 Å². The molecule has 0 unspecified atom stereocenters. The fourth-order valence-corrected chi connectivity index (χ4v) is 7.95. The molecule has 150 valence electrons. The van der Waals surface area contributed by atoms with E-state index in [-0.39, 0.29) is 35.5 Å². The van der Waals surface area contributed by atoms with E-state index in [4.69, 9.17) is 14.2 Å². The summed E-state index contributed by atoms with van der Waals surface area (Å²) in [6.07, 6.45) is 1.06. The van der Waals surface area contributed by atoms with Gasteiger partial charge in [0.15, 0.2) is 26.5 Å². The molecule has 0 radical (unpaired) electrons. The van der Waals surface area contributed by atoms with Crippen molar-refractivity contribution in [2.75, 3.05) is 24.9 Å². The normalized spacial score (nSPS) is 31.5. The van der Waals surface area contributed by atoms with Crippen molar-refractivity contribution in [1.82, 2.24) is 4.90 Å². The molecule has 0 aliphatic carbocycles. The number of amidine groups is 1. The lowest BCUT2D eigenvalue weighted by molar-refractivity contribution is -0.126. The molecular formula is C18H20N2O6S2. The van der Waals surface area contributed by atoms with E-state index in [1.807, 2.05) is 23.1 Å². The minimum Gasteiger partial charge on any atom is -0.454 e. The number of aliphatic imine (C=N–C) groups is 1. The van der Waals surface area contributed by atoms with Gasteiger partial charge >= 0.3 is 0 Å². The summed E-state index contributed by atoms with van der Waals surface area (Å²) < 4.78 is 40.5. The summed E-state index contributed by atoms with van der Waals surface area (Å²) in [4.78, 5) is 18.8. The Morgan fingerprint density at radius 1 is 1.25 bits per heavy atom. The number of hydrogen-bond acceptors (Lipinski definition) is 7. The maximum absolute atomic E-state index is 12.5. The summed E-state index contributed by atoms with van der Waals surface area (Å²) in [6, 6.07) is 5.48. The van der Waals surface area contributed by atoms with E-state index in [0.29, 0.717) is 36.2 Å². The Morgan fingerprint density at radius 3 is 2.93 bits per heavy atom. The third-order valence-electron chi connectivity index (χ3n) is 5.38. The Hall–Kier alpha value is -1.78. The maximum Gasteiger partial charge on any atom is 0.277 e. The average Bonchev–Trinajstić information content (AvgIpc) is 3.41. The second-order valence-electron chi connectivity index (χ2n) is 7.35. The van der Waals surface area contributed by atoms with Gasteiger partial charge in [0.05, 0.1) is 17.5 Å². The number of benzene rings is 1. The fraction of sp³-hybridized carbons (Fsp3) is 0.556. The van der Waals surface area contributed by atoms with Crippen molar-refractivity contribution in [3.63, 3.8) is 0 Å². The number of hydrogen-bond donors (Lipinski definition) is 0. The molecule has 8 nitrogen and oxygen atoms in total. The summed E-state index contributed by atoms with van der Waals surface area (Å²) in [5, 5.41) is 0.484. The predicted octanol–water partition coefficient (Wildman–Crippen LogP) is 1.19. The smallest absolute Gasteiger partial charge is 0.277 e. The van der Waals surface area contributed by atoms with Crippen LogP contribution in [0.3, 0.4) is 0 Å². The quantitative estimate of drug-likeness (QED) is 0.714. The van der Waals surface area contributed by atoms with Gasteiger partial charge in [-0.1, -0.05) is 17.8 Å². The lowest BCUT2D eigenvalue weighted by Gasteiger charge is -2.24. The van der Waals surface area contributed by atoms with Gasteiger partial charge in [-0.05, 0) is 30.5 Å². The minimum absolute atomic E-state index is 0.0857. The number of carbonyl (C=O) groups excluding carboxylic acids is 1. The molecule has 4 aliphatic rings. The molecule has 3 fully saturated rings. The first-order valence-electron chi connectivity index (χ1n) is 9.25. The van der Waals surface area contributed by atoms with Gasteiger partial charge in [0, 0.05) is 18.4 Å². The Balaban J connectivity index is 1.42. The van der Waals surface area contributed by atoms with Crippen LogP contribution in [0.4, 0.5) is 0 Å². The fourth-order valence-electron chi connectivity index (χ4n) is 4.00. The van der Waals surface area contributed by atoms with Gasteiger partial charge in [0.2, 0.25) is 6.79 Å². The van der Waals surface area contributed by atoms with Crippen LogP contribution < -0.4 is 9.47 Å². The molecule has 4 aliphatic heterocycles. The zero-order valence-electron chi connectivity index (χ0n) is 15.1. The standard InChI is InChI=1S/C18H20N2O6S2/c21-17(14-2-1-5-24-14)19-18-20(12-8-28(22,23)9-16(12)27-18)7-11-3-4-13-15(6-11)26-10-25-13/h3-4,6,12,14,16H,1-2,5,7-10H2/t12-,14-,16-/m0/s1. The third kappa shape index (κ3) is 3.37. The highest BCUT2D eigenvalue weighted by atomic mass is 32.2. The number of thioether (sulfide) groups is 1. The van der Waals surface area contributed by atoms with Crippen molar-refractivity contribution in [2.24, 2.45) is 4.99 Å². The van der Waals surface area contributed by atoms with E-state index >= 15 is 0 Å². The zero-order valence-corrected chi connectivity index (χ0v) is 16.7. The van der Waals surface area contributed by atoms with E-state index in [1.165, 1.54) is 11.8 Å². The van der Waals surface area contributed by atoms with Crippen LogP contribution >= 0.6 is 11.8 Å². The highest BCUT2D eigenvalue weighted by Gasteiger charge is 2.49. The van der Waals surface area contributed by atoms with Gasteiger partial charge in [-0.15, -0.1) is 0 Å². The van der Waals surface area contributed by atoms with Gasteiger partial charge in [-0.25, -0.2) is 8.42 Å². The minimum atomic E-state index is -3.08. The Labute approximate surface area is 167 Å². The number of sulfone groups is 1. The van der Waals surface area contributed by atoms with Crippen LogP contribution in [0, 0.1) is 0 Å². The van der Waals surface area contributed by atoms with Crippen molar-refractivity contribution >= 4 is 32.7 Å². The molecule has 0 spiro atoms. The SMILES string of the molecule is O=C(N=C1S[C@H]2CS(=O)(=O)C[C@@H]2N1Cc1ccc2c(c1)OCO2)[C@@H]1CCCO1. The number of carbonyl (C=O) groups is 1. The van der Waals surface area contributed by atoms with Crippen LogP contribution in [0.25, 0.3) is 0 Å². The molecule has 0 aromatic heterocycles. The molecule has 10 heteroatoms. The Bertz CT molecular complexity index is 941. The maximum atomic E-state index is 12.5. The number of fused-ring (bicyclic) bond motifs is 2. The van der Waals surface area contributed by atoms with E-state index < -0.39 is 15.9 Å². The Morgan fingerprint density at radius 2 is 2.11 bits per heavy atom. The average molecular weight is 425 g/mol. The summed E-state index contributed by atoms with van der Waals surface area (Å²) >= 11 is 1.39. The monoisotopic (exact) mass is 424 g/mol. The number of nitrogens with zero attached hydrogens (tertiary/aromatic N) is 2. The van der Waals surface area contributed by atoms with E-state index in [0.717, 1.165) is 12.0 Å². The molecule has 3 atom stereocenters. The van der Waals surface area contributed by atoms with E-state index in [9.17, 15) is 13.2 Å². The third-order valence-corrected chi connectivity index (χ3v) is 8.62. The van der Waals surface area contributed by atoms with Gasteiger partial charge < -0.3 is 19.1 Å². The Kier molecular flexibility index (Phi) is 4.52. The van der Waals surface area contributed by atoms with Crippen molar-refractivity contribution in [1.29, 1.82) is 0 Å². The van der Waals surface area contributed by atoms with Crippen molar-refractivity contribution in [2.45, 2.75) is 36.8 Å². The summed E-state index contributed by atoms with van der Waals surface area (Å²) in [5.74, 6) is 1.30. The predicted molar refractivity (Wildman–Crippen MR) is 103 cm³/mol. The zero-order chi connectivity index (χ0) is 19.3. The van der Waals surface area contributed by atoms with Gasteiger partial charge in [-0.2, -0.15) is 4.99 Å². The largest absolute Gasteiger partial charge is 0.454 e. The summed E-state index contributed by atoms with van der Waals surface area (Å²) in [6.45, 7) is 1.24. The molecule has 3 saturated heterocycles. The molecule has 0 saturated carbocycles. The molecule has 5 rings (SSSR count). The van der Waals surface area contributed by atoms with Crippen molar-refractivity contribution in [3.8, 4) is 11.5 Å².